The van der Waals surface area contributed by atoms with E-state index in [0.717, 1.165) is 19.3 Å². The van der Waals surface area contributed by atoms with Gasteiger partial charge >= 0.3 is 0 Å². The third-order valence-electron chi connectivity index (χ3n) is 4.16. The maximum Gasteiger partial charge on any atom is 0.287 e. The molecular weight excluding hydrogens is 297 g/mol. The molecule has 1 N–H and O–H groups in total. The van der Waals surface area contributed by atoms with Crippen molar-refractivity contribution in [2.24, 2.45) is 5.92 Å². The second-order valence-corrected chi connectivity index (χ2v) is 6.59. The van der Waals surface area contributed by atoms with Crippen LogP contribution in [0.25, 0.3) is 11.0 Å². The summed E-state index contributed by atoms with van der Waals surface area (Å²) in [6.45, 7) is 4.97. The zero-order valence-corrected chi connectivity index (χ0v) is 13.5. The second kappa shape index (κ2) is 6.71. The van der Waals surface area contributed by atoms with Crippen LogP contribution in [-0.2, 0) is 4.74 Å². The fraction of sp³-hybridized carbons (Fsp3) is 0.500. The molecule has 5 heteroatoms. The lowest BCUT2D eigenvalue weighted by molar-refractivity contribution is -0.00861. The molecule has 4 nitrogen and oxygen atoms in total. The Morgan fingerprint density at radius 3 is 3.00 bits per heavy atom. The van der Waals surface area contributed by atoms with Gasteiger partial charge in [0.1, 0.15) is 0 Å². The molecular formula is C18H22FNO3. The van der Waals surface area contributed by atoms with Gasteiger partial charge in [0.2, 0.25) is 0 Å². The number of rotatable bonds is 4. The molecule has 3 rings (SSSR count). The Morgan fingerprint density at radius 2 is 2.26 bits per heavy atom. The van der Waals surface area contributed by atoms with E-state index in [-0.39, 0.29) is 29.4 Å². The molecule has 1 aromatic heterocycles. The summed E-state index contributed by atoms with van der Waals surface area (Å²) < 4.78 is 24.8. The molecule has 0 bridgehead atoms. The largest absolute Gasteiger partial charge is 0.448 e. The predicted molar refractivity (Wildman–Crippen MR) is 85.9 cm³/mol. The molecule has 124 valence electrons. The summed E-state index contributed by atoms with van der Waals surface area (Å²) in [7, 11) is 0. The Labute approximate surface area is 135 Å². The Morgan fingerprint density at radius 1 is 1.43 bits per heavy atom. The van der Waals surface area contributed by atoms with Crippen molar-refractivity contribution in [2.75, 3.05) is 6.61 Å². The van der Waals surface area contributed by atoms with E-state index < -0.39 is 5.82 Å². The van der Waals surface area contributed by atoms with Gasteiger partial charge in [0.25, 0.3) is 5.91 Å². The number of hydrogen-bond donors (Lipinski definition) is 1. The first kappa shape index (κ1) is 16.0. The Kier molecular flexibility index (Phi) is 4.66. The van der Waals surface area contributed by atoms with Gasteiger partial charge in [-0.2, -0.15) is 0 Å². The molecule has 0 saturated carbocycles. The summed E-state index contributed by atoms with van der Waals surface area (Å²) in [5.74, 6) is -0.0368. The topological polar surface area (TPSA) is 51.5 Å². The molecule has 1 fully saturated rings. The van der Waals surface area contributed by atoms with Crippen molar-refractivity contribution in [3.8, 4) is 0 Å². The van der Waals surface area contributed by atoms with Crippen LogP contribution in [0.5, 0.6) is 0 Å². The zero-order valence-electron chi connectivity index (χ0n) is 13.5. The highest BCUT2D eigenvalue weighted by Gasteiger charge is 2.26. The van der Waals surface area contributed by atoms with E-state index >= 15 is 0 Å². The number of nitrogens with one attached hydrogen (secondary N) is 1. The minimum Gasteiger partial charge on any atom is -0.448 e. The normalized spacial score (nSPS) is 21.7. The van der Waals surface area contributed by atoms with E-state index in [1.807, 2.05) is 0 Å². The van der Waals surface area contributed by atoms with Gasteiger partial charge in [0.15, 0.2) is 17.2 Å². The lowest BCUT2D eigenvalue weighted by Gasteiger charge is -2.30. The van der Waals surface area contributed by atoms with Crippen molar-refractivity contribution in [2.45, 2.75) is 45.3 Å². The number of carbonyl (C=O) groups excluding carboxylic acids is 1. The van der Waals surface area contributed by atoms with E-state index in [9.17, 15) is 9.18 Å². The first-order chi connectivity index (χ1) is 11.0. The van der Waals surface area contributed by atoms with E-state index in [4.69, 9.17) is 9.15 Å². The number of hydrogen-bond acceptors (Lipinski definition) is 3. The molecule has 0 spiro atoms. The first-order valence-electron chi connectivity index (χ1n) is 8.13. The molecule has 0 unspecified atom stereocenters. The average molecular weight is 319 g/mol. The predicted octanol–water partition coefficient (Wildman–Crippen LogP) is 3.90. The number of carbonyl (C=O) groups is 1. The fourth-order valence-electron chi connectivity index (χ4n) is 3.10. The summed E-state index contributed by atoms with van der Waals surface area (Å²) >= 11 is 0. The van der Waals surface area contributed by atoms with Crippen molar-refractivity contribution >= 4 is 16.9 Å². The van der Waals surface area contributed by atoms with Gasteiger partial charge in [-0.25, -0.2) is 4.39 Å². The van der Waals surface area contributed by atoms with Crippen LogP contribution in [0.15, 0.2) is 28.7 Å². The second-order valence-electron chi connectivity index (χ2n) is 6.59. The SMILES string of the molecule is CC(C)C[C@@H]1C[C@H](NC(=O)c2cc3cccc(F)c3o2)CCO1. The van der Waals surface area contributed by atoms with Crippen LogP contribution < -0.4 is 5.32 Å². The van der Waals surface area contributed by atoms with Gasteiger partial charge in [-0.3, -0.25) is 4.79 Å². The number of furan rings is 1. The van der Waals surface area contributed by atoms with Crippen molar-refractivity contribution in [3.05, 3.63) is 35.8 Å². The molecule has 0 radical (unpaired) electrons. The Hall–Kier alpha value is -1.88. The van der Waals surface area contributed by atoms with Gasteiger partial charge in [-0.05, 0) is 37.3 Å². The molecule has 1 saturated heterocycles. The molecule has 1 aliphatic rings. The van der Waals surface area contributed by atoms with E-state index in [2.05, 4.69) is 19.2 Å². The Bertz CT molecular complexity index is 695. The number of benzene rings is 1. The maximum absolute atomic E-state index is 13.7. The fourth-order valence-corrected chi connectivity index (χ4v) is 3.10. The molecule has 23 heavy (non-hydrogen) atoms. The molecule has 1 amide bonds. The number of para-hydroxylation sites is 1. The van der Waals surface area contributed by atoms with Crippen LogP contribution in [-0.4, -0.2) is 24.7 Å². The van der Waals surface area contributed by atoms with E-state index in [1.165, 1.54) is 6.07 Å². The summed E-state index contributed by atoms with van der Waals surface area (Å²) in [5, 5.41) is 3.58. The third kappa shape index (κ3) is 3.72. The summed E-state index contributed by atoms with van der Waals surface area (Å²) in [6, 6.07) is 6.30. The Balaban J connectivity index is 1.67. The monoisotopic (exact) mass is 319 g/mol. The van der Waals surface area contributed by atoms with Crippen molar-refractivity contribution in [1.29, 1.82) is 0 Å². The van der Waals surface area contributed by atoms with Gasteiger partial charge in [0, 0.05) is 18.0 Å². The van der Waals surface area contributed by atoms with Crippen LogP contribution in [0.1, 0.15) is 43.7 Å². The van der Waals surface area contributed by atoms with E-state index in [0.29, 0.717) is 17.9 Å². The maximum atomic E-state index is 13.7. The van der Waals surface area contributed by atoms with Crippen LogP contribution >= 0.6 is 0 Å². The summed E-state index contributed by atoms with van der Waals surface area (Å²) in [5.41, 5.74) is 0.127. The molecule has 2 aromatic rings. The molecule has 0 aliphatic carbocycles. The van der Waals surface area contributed by atoms with Crippen molar-refractivity contribution in [3.63, 3.8) is 0 Å². The highest BCUT2D eigenvalue weighted by molar-refractivity contribution is 5.96. The summed E-state index contributed by atoms with van der Waals surface area (Å²) in [4.78, 5) is 12.4. The van der Waals surface area contributed by atoms with E-state index in [1.54, 1.807) is 18.2 Å². The number of ether oxygens (including phenoxy) is 1. The molecule has 2 heterocycles. The number of halogens is 1. The lowest BCUT2D eigenvalue weighted by Crippen LogP contribution is -2.42. The van der Waals surface area contributed by atoms with Gasteiger partial charge in [-0.15, -0.1) is 0 Å². The third-order valence-corrected chi connectivity index (χ3v) is 4.16. The average Bonchev–Trinajstić information content (AvgIpc) is 2.92. The molecule has 1 aliphatic heterocycles. The van der Waals surface area contributed by atoms with Crippen LogP contribution in [0, 0.1) is 11.7 Å². The van der Waals surface area contributed by atoms with Gasteiger partial charge in [-0.1, -0.05) is 26.0 Å². The minimum atomic E-state index is -0.454. The van der Waals surface area contributed by atoms with Gasteiger partial charge in [0.05, 0.1) is 6.10 Å². The lowest BCUT2D eigenvalue weighted by atomic mass is 9.96. The first-order valence-corrected chi connectivity index (χ1v) is 8.13. The molecule has 2 atom stereocenters. The quantitative estimate of drug-likeness (QED) is 0.930. The van der Waals surface area contributed by atoms with Gasteiger partial charge < -0.3 is 14.5 Å². The van der Waals surface area contributed by atoms with Crippen molar-refractivity contribution in [1.82, 2.24) is 5.32 Å². The van der Waals surface area contributed by atoms with Crippen LogP contribution in [0.2, 0.25) is 0 Å². The highest BCUT2D eigenvalue weighted by Crippen LogP contribution is 2.23. The summed E-state index contributed by atoms with van der Waals surface area (Å²) in [6.07, 6.45) is 2.76. The number of amides is 1. The van der Waals surface area contributed by atoms with Crippen molar-refractivity contribution < 1.29 is 18.3 Å². The molecule has 1 aromatic carbocycles. The highest BCUT2D eigenvalue weighted by atomic mass is 19.1. The standard InChI is InChI=1S/C18H22FNO3/c1-11(2)8-14-10-13(6-7-22-14)20-18(21)16-9-12-4-3-5-15(19)17(12)23-16/h3-5,9,11,13-14H,6-8,10H2,1-2H3,(H,20,21)/t13-,14-/m1/s1. The zero-order chi connectivity index (χ0) is 16.4. The van der Waals surface area contributed by atoms with Crippen LogP contribution in [0.4, 0.5) is 4.39 Å². The number of fused-ring (bicyclic) bond motifs is 1. The minimum absolute atomic E-state index is 0.0676. The smallest absolute Gasteiger partial charge is 0.287 e. The van der Waals surface area contributed by atoms with Crippen LogP contribution in [0.3, 0.4) is 0 Å².